The van der Waals surface area contributed by atoms with Crippen molar-refractivity contribution in [3.8, 4) is 5.75 Å². The van der Waals surface area contributed by atoms with Gasteiger partial charge in [-0.2, -0.15) is 0 Å². The van der Waals surface area contributed by atoms with Crippen molar-refractivity contribution < 1.29 is 4.74 Å². The SMILES string of the molecule is CNc1ccc(OC2CC2)cc1NC. The largest absolute Gasteiger partial charge is 0.490 e. The maximum absolute atomic E-state index is 5.70. The Morgan fingerprint density at radius 1 is 1.14 bits per heavy atom. The van der Waals surface area contributed by atoms with Crippen LogP contribution >= 0.6 is 0 Å². The van der Waals surface area contributed by atoms with Crippen molar-refractivity contribution in [3.05, 3.63) is 18.2 Å². The molecule has 1 fully saturated rings. The highest BCUT2D eigenvalue weighted by molar-refractivity contribution is 5.70. The smallest absolute Gasteiger partial charge is 0.121 e. The molecule has 1 aliphatic carbocycles. The maximum Gasteiger partial charge on any atom is 0.121 e. The van der Waals surface area contributed by atoms with Gasteiger partial charge < -0.3 is 15.4 Å². The predicted octanol–water partition coefficient (Wildman–Crippen LogP) is 2.31. The molecule has 0 bridgehead atoms. The van der Waals surface area contributed by atoms with E-state index in [1.165, 1.54) is 12.8 Å². The average Bonchev–Trinajstić information content (AvgIpc) is 3.01. The average molecular weight is 192 g/mol. The third kappa shape index (κ3) is 1.92. The summed E-state index contributed by atoms with van der Waals surface area (Å²) >= 11 is 0. The van der Waals surface area contributed by atoms with E-state index in [-0.39, 0.29) is 0 Å². The number of rotatable bonds is 4. The second-order valence-electron chi connectivity index (χ2n) is 3.52. The van der Waals surface area contributed by atoms with Gasteiger partial charge in [-0.1, -0.05) is 0 Å². The van der Waals surface area contributed by atoms with Crippen molar-refractivity contribution in [2.45, 2.75) is 18.9 Å². The summed E-state index contributed by atoms with van der Waals surface area (Å²) < 4.78 is 5.70. The van der Waals surface area contributed by atoms with Crippen LogP contribution in [-0.2, 0) is 0 Å². The van der Waals surface area contributed by atoms with Crippen LogP contribution in [0.4, 0.5) is 11.4 Å². The van der Waals surface area contributed by atoms with Gasteiger partial charge in [0.2, 0.25) is 0 Å². The Bertz CT molecular complexity index is 321. The molecule has 0 saturated heterocycles. The van der Waals surface area contributed by atoms with Crippen LogP contribution < -0.4 is 15.4 Å². The molecule has 1 saturated carbocycles. The molecule has 1 aromatic rings. The first-order valence-corrected chi connectivity index (χ1v) is 4.99. The fraction of sp³-hybridized carbons (Fsp3) is 0.455. The summed E-state index contributed by atoms with van der Waals surface area (Å²) in [5, 5.41) is 6.26. The lowest BCUT2D eigenvalue weighted by atomic mass is 10.2. The van der Waals surface area contributed by atoms with E-state index >= 15 is 0 Å². The van der Waals surface area contributed by atoms with E-state index in [1.807, 2.05) is 32.3 Å². The number of ether oxygens (including phenoxy) is 1. The van der Waals surface area contributed by atoms with Crippen LogP contribution in [0.3, 0.4) is 0 Å². The molecule has 0 aromatic heterocycles. The first-order valence-electron chi connectivity index (χ1n) is 4.99. The fourth-order valence-electron chi connectivity index (χ4n) is 1.40. The topological polar surface area (TPSA) is 33.3 Å². The van der Waals surface area contributed by atoms with Crippen molar-refractivity contribution in [1.82, 2.24) is 0 Å². The molecule has 0 aliphatic heterocycles. The summed E-state index contributed by atoms with van der Waals surface area (Å²) in [6.07, 6.45) is 2.85. The normalized spacial score (nSPS) is 15.0. The minimum Gasteiger partial charge on any atom is -0.490 e. The van der Waals surface area contributed by atoms with E-state index < -0.39 is 0 Å². The van der Waals surface area contributed by atoms with E-state index in [4.69, 9.17) is 4.74 Å². The Hall–Kier alpha value is -1.38. The number of nitrogens with one attached hydrogen (secondary N) is 2. The molecular formula is C11H16N2O. The molecule has 0 heterocycles. The molecule has 3 heteroatoms. The van der Waals surface area contributed by atoms with Gasteiger partial charge >= 0.3 is 0 Å². The van der Waals surface area contributed by atoms with E-state index in [0.717, 1.165) is 17.1 Å². The Labute approximate surface area is 84.5 Å². The van der Waals surface area contributed by atoms with Gasteiger partial charge in [0.15, 0.2) is 0 Å². The zero-order valence-corrected chi connectivity index (χ0v) is 8.63. The molecule has 2 rings (SSSR count). The van der Waals surface area contributed by atoms with Crippen molar-refractivity contribution in [2.75, 3.05) is 24.7 Å². The highest BCUT2D eigenvalue weighted by Crippen LogP contribution is 2.31. The van der Waals surface area contributed by atoms with E-state index in [9.17, 15) is 0 Å². The van der Waals surface area contributed by atoms with Crippen LogP contribution in [0.25, 0.3) is 0 Å². The summed E-state index contributed by atoms with van der Waals surface area (Å²) in [5.74, 6) is 0.954. The number of benzene rings is 1. The van der Waals surface area contributed by atoms with Crippen molar-refractivity contribution in [1.29, 1.82) is 0 Å². The highest BCUT2D eigenvalue weighted by atomic mass is 16.5. The third-order valence-corrected chi connectivity index (χ3v) is 2.36. The van der Waals surface area contributed by atoms with Gasteiger partial charge in [0, 0.05) is 20.2 Å². The van der Waals surface area contributed by atoms with Gasteiger partial charge in [0.05, 0.1) is 17.5 Å². The molecule has 0 spiro atoms. The second kappa shape index (κ2) is 3.78. The summed E-state index contributed by atoms with van der Waals surface area (Å²) in [7, 11) is 3.83. The lowest BCUT2D eigenvalue weighted by Crippen LogP contribution is -1.99. The van der Waals surface area contributed by atoms with E-state index in [0.29, 0.717) is 6.10 Å². The summed E-state index contributed by atoms with van der Waals surface area (Å²) in [4.78, 5) is 0. The third-order valence-electron chi connectivity index (χ3n) is 2.36. The Balaban J connectivity index is 2.16. The quantitative estimate of drug-likeness (QED) is 0.768. The van der Waals surface area contributed by atoms with Crippen LogP contribution in [0.2, 0.25) is 0 Å². The zero-order chi connectivity index (χ0) is 9.97. The molecule has 76 valence electrons. The molecule has 0 atom stereocenters. The molecule has 0 amide bonds. The van der Waals surface area contributed by atoms with Crippen LogP contribution in [0.1, 0.15) is 12.8 Å². The number of hydrogen-bond acceptors (Lipinski definition) is 3. The summed E-state index contributed by atoms with van der Waals surface area (Å²) in [6, 6.07) is 6.07. The molecule has 1 aromatic carbocycles. The lowest BCUT2D eigenvalue weighted by molar-refractivity contribution is 0.303. The van der Waals surface area contributed by atoms with Gasteiger partial charge in [-0.15, -0.1) is 0 Å². The van der Waals surface area contributed by atoms with Gasteiger partial charge in [0.25, 0.3) is 0 Å². The Morgan fingerprint density at radius 3 is 2.43 bits per heavy atom. The van der Waals surface area contributed by atoms with Crippen LogP contribution in [0.5, 0.6) is 5.75 Å². The fourth-order valence-corrected chi connectivity index (χ4v) is 1.40. The summed E-state index contributed by atoms with van der Waals surface area (Å²) in [6.45, 7) is 0. The van der Waals surface area contributed by atoms with E-state index in [1.54, 1.807) is 0 Å². The Morgan fingerprint density at radius 2 is 1.86 bits per heavy atom. The van der Waals surface area contributed by atoms with Crippen LogP contribution in [-0.4, -0.2) is 20.2 Å². The van der Waals surface area contributed by atoms with Gasteiger partial charge in [0.1, 0.15) is 5.75 Å². The van der Waals surface area contributed by atoms with Crippen LogP contribution in [0, 0.1) is 0 Å². The predicted molar refractivity (Wildman–Crippen MR) is 59.2 cm³/mol. The van der Waals surface area contributed by atoms with Crippen LogP contribution in [0.15, 0.2) is 18.2 Å². The molecule has 3 nitrogen and oxygen atoms in total. The van der Waals surface area contributed by atoms with E-state index in [2.05, 4.69) is 10.6 Å². The highest BCUT2D eigenvalue weighted by Gasteiger charge is 2.23. The minimum atomic E-state index is 0.458. The van der Waals surface area contributed by atoms with Crippen molar-refractivity contribution in [3.63, 3.8) is 0 Å². The minimum absolute atomic E-state index is 0.458. The molecule has 0 unspecified atom stereocenters. The second-order valence-corrected chi connectivity index (χ2v) is 3.52. The number of anilines is 2. The van der Waals surface area contributed by atoms with Crippen molar-refractivity contribution in [2.24, 2.45) is 0 Å². The maximum atomic E-state index is 5.70. The molecule has 2 N–H and O–H groups in total. The van der Waals surface area contributed by atoms with Gasteiger partial charge in [-0.3, -0.25) is 0 Å². The molecular weight excluding hydrogens is 176 g/mol. The standard InChI is InChI=1S/C11H16N2O/c1-12-10-6-5-9(7-11(10)13-2)14-8-3-4-8/h5-8,12-13H,3-4H2,1-2H3. The molecule has 14 heavy (non-hydrogen) atoms. The number of hydrogen-bond donors (Lipinski definition) is 2. The Kier molecular flexibility index (Phi) is 2.48. The van der Waals surface area contributed by atoms with Gasteiger partial charge in [-0.05, 0) is 25.0 Å². The lowest BCUT2D eigenvalue weighted by Gasteiger charge is -2.11. The monoisotopic (exact) mass is 192 g/mol. The molecule has 1 aliphatic rings. The zero-order valence-electron chi connectivity index (χ0n) is 8.63. The molecule has 0 radical (unpaired) electrons. The first kappa shape index (κ1) is 9.19. The van der Waals surface area contributed by atoms with Gasteiger partial charge in [-0.25, -0.2) is 0 Å². The first-order chi connectivity index (χ1) is 6.83. The summed E-state index contributed by atoms with van der Waals surface area (Å²) in [5.41, 5.74) is 2.17. The van der Waals surface area contributed by atoms with Crippen molar-refractivity contribution >= 4 is 11.4 Å².